The fourth-order valence-corrected chi connectivity index (χ4v) is 1.55. The highest BCUT2D eigenvalue weighted by molar-refractivity contribution is 5.21. The number of allylic oxidation sites excluding steroid dienone is 3. The lowest BCUT2D eigenvalue weighted by atomic mass is 9.90. The Morgan fingerprint density at radius 3 is 2.67 bits per heavy atom. The Morgan fingerprint density at radius 2 is 2.17 bits per heavy atom. The van der Waals surface area contributed by atoms with Crippen molar-refractivity contribution in [2.75, 3.05) is 0 Å². The van der Waals surface area contributed by atoms with Gasteiger partial charge in [0.25, 0.3) is 0 Å². The van der Waals surface area contributed by atoms with Gasteiger partial charge in [0.2, 0.25) is 0 Å². The van der Waals surface area contributed by atoms with Gasteiger partial charge in [0.05, 0.1) is 0 Å². The molecule has 0 unspecified atom stereocenters. The maximum absolute atomic E-state index is 5.81. The van der Waals surface area contributed by atoms with Crippen LogP contribution in [0.5, 0.6) is 0 Å². The van der Waals surface area contributed by atoms with E-state index >= 15 is 0 Å². The Labute approximate surface area is 75.3 Å². The van der Waals surface area contributed by atoms with E-state index in [1.165, 1.54) is 18.4 Å². The zero-order chi connectivity index (χ0) is 8.97. The van der Waals surface area contributed by atoms with Crippen molar-refractivity contribution >= 4 is 0 Å². The molecule has 68 valence electrons. The molecule has 2 N–H and O–H groups in total. The second kappa shape index (κ2) is 4.46. The first kappa shape index (κ1) is 9.53. The van der Waals surface area contributed by atoms with Crippen LogP contribution in [0.4, 0.5) is 0 Å². The highest BCUT2D eigenvalue weighted by Gasteiger charge is 2.11. The van der Waals surface area contributed by atoms with E-state index in [0.717, 1.165) is 19.3 Å². The van der Waals surface area contributed by atoms with Crippen molar-refractivity contribution in [2.24, 2.45) is 5.73 Å². The molecule has 0 aromatic carbocycles. The molecule has 1 heteroatoms. The van der Waals surface area contributed by atoms with Crippen molar-refractivity contribution in [2.45, 2.75) is 45.1 Å². The van der Waals surface area contributed by atoms with Gasteiger partial charge in [-0.15, -0.1) is 0 Å². The standard InChI is InChI=1S/C11H19N/c1-3-9(2)8-10-4-6-11(12)7-5-10/h8,11H,2-7,12H2,1H3. The summed E-state index contributed by atoms with van der Waals surface area (Å²) in [6.07, 6.45) is 7.99. The molecule has 0 atom stereocenters. The fourth-order valence-electron chi connectivity index (χ4n) is 1.55. The van der Waals surface area contributed by atoms with Gasteiger partial charge in [-0.3, -0.25) is 0 Å². The molecule has 12 heavy (non-hydrogen) atoms. The van der Waals surface area contributed by atoms with Crippen LogP contribution in [0.15, 0.2) is 23.8 Å². The van der Waals surface area contributed by atoms with E-state index in [1.54, 1.807) is 5.57 Å². The van der Waals surface area contributed by atoms with Gasteiger partial charge in [-0.2, -0.15) is 0 Å². The van der Waals surface area contributed by atoms with Crippen LogP contribution < -0.4 is 5.73 Å². The lowest BCUT2D eigenvalue weighted by molar-refractivity contribution is 0.511. The van der Waals surface area contributed by atoms with E-state index in [2.05, 4.69) is 19.6 Å². The quantitative estimate of drug-likeness (QED) is 0.669. The molecule has 0 aliphatic heterocycles. The molecule has 1 fully saturated rings. The number of rotatable bonds is 2. The van der Waals surface area contributed by atoms with Crippen LogP contribution in [-0.2, 0) is 0 Å². The summed E-state index contributed by atoms with van der Waals surface area (Å²) in [5, 5.41) is 0. The Morgan fingerprint density at radius 1 is 1.58 bits per heavy atom. The third kappa shape index (κ3) is 2.82. The maximum atomic E-state index is 5.81. The van der Waals surface area contributed by atoms with Gasteiger partial charge in [0, 0.05) is 6.04 Å². The average molecular weight is 165 g/mol. The third-order valence-electron chi connectivity index (χ3n) is 2.53. The second-order valence-electron chi connectivity index (χ2n) is 3.65. The van der Waals surface area contributed by atoms with E-state index in [-0.39, 0.29) is 0 Å². The van der Waals surface area contributed by atoms with Gasteiger partial charge in [-0.1, -0.05) is 30.7 Å². The van der Waals surface area contributed by atoms with Crippen molar-refractivity contribution in [3.8, 4) is 0 Å². The zero-order valence-electron chi connectivity index (χ0n) is 7.97. The van der Waals surface area contributed by atoms with Crippen LogP contribution in [0.3, 0.4) is 0 Å². The Balaban J connectivity index is 2.43. The van der Waals surface area contributed by atoms with E-state index in [9.17, 15) is 0 Å². The normalized spacial score (nSPS) is 23.8. The number of hydrogen-bond acceptors (Lipinski definition) is 1. The Hall–Kier alpha value is -0.560. The van der Waals surface area contributed by atoms with Gasteiger partial charge in [0.15, 0.2) is 0 Å². The molecule has 1 rings (SSSR count). The van der Waals surface area contributed by atoms with Gasteiger partial charge in [0.1, 0.15) is 0 Å². The average Bonchev–Trinajstić information content (AvgIpc) is 2.09. The Bertz CT molecular complexity index is 181. The number of hydrogen-bond donors (Lipinski definition) is 1. The molecule has 1 nitrogen and oxygen atoms in total. The molecular formula is C11H19N. The topological polar surface area (TPSA) is 26.0 Å². The molecule has 0 aromatic heterocycles. The van der Waals surface area contributed by atoms with Crippen molar-refractivity contribution in [3.63, 3.8) is 0 Å². The highest BCUT2D eigenvalue weighted by atomic mass is 14.6. The largest absolute Gasteiger partial charge is 0.328 e. The van der Waals surface area contributed by atoms with Crippen LogP contribution in [0.1, 0.15) is 39.0 Å². The summed E-state index contributed by atoms with van der Waals surface area (Å²) in [4.78, 5) is 0. The van der Waals surface area contributed by atoms with Crippen LogP contribution in [-0.4, -0.2) is 6.04 Å². The molecule has 0 radical (unpaired) electrons. The molecule has 0 heterocycles. The van der Waals surface area contributed by atoms with Gasteiger partial charge in [-0.25, -0.2) is 0 Å². The van der Waals surface area contributed by atoms with Crippen LogP contribution >= 0.6 is 0 Å². The van der Waals surface area contributed by atoms with E-state index in [4.69, 9.17) is 5.73 Å². The molecule has 1 saturated carbocycles. The molecular weight excluding hydrogens is 146 g/mol. The van der Waals surface area contributed by atoms with Crippen LogP contribution in [0, 0.1) is 0 Å². The number of nitrogens with two attached hydrogens (primary N) is 1. The molecule has 0 saturated heterocycles. The van der Waals surface area contributed by atoms with Gasteiger partial charge >= 0.3 is 0 Å². The predicted octanol–water partition coefficient (Wildman–Crippen LogP) is 2.78. The van der Waals surface area contributed by atoms with Crippen molar-refractivity contribution < 1.29 is 0 Å². The molecule has 1 aliphatic rings. The molecule has 0 aromatic rings. The smallest absolute Gasteiger partial charge is 0.00449 e. The first-order valence-corrected chi connectivity index (χ1v) is 4.85. The lowest BCUT2D eigenvalue weighted by Crippen LogP contribution is -2.23. The van der Waals surface area contributed by atoms with E-state index in [0.29, 0.717) is 6.04 Å². The zero-order valence-corrected chi connectivity index (χ0v) is 7.97. The van der Waals surface area contributed by atoms with Crippen molar-refractivity contribution in [3.05, 3.63) is 23.8 Å². The van der Waals surface area contributed by atoms with Crippen molar-refractivity contribution in [1.29, 1.82) is 0 Å². The molecule has 0 bridgehead atoms. The summed E-state index contributed by atoms with van der Waals surface area (Å²) < 4.78 is 0. The minimum atomic E-state index is 0.442. The highest BCUT2D eigenvalue weighted by Crippen LogP contribution is 2.23. The third-order valence-corrected chi connectivity index (χ3v) is 2.53. The van der Waals surface area contributed by atoms with Gasteiger partial charge in [-0.05, 0) is 32.1 Å². The van der Waals surface area contributed by atoms with Crippen LogP contribution in [0.25, 0.3) is 0 Å². The van der Waals surface area contributed by atoms with Crippen molar-refractivity contribution in [1.82, 2.24) is 0 Å². The summed E-state index contributed by atoms with van der Waals surface area (Å²) in [5.74, 6) is 0. The summed E-state index contributed by atoms with van der Waals surface area (Å²) in [6.45, 7) is 6.13. The lowest BCUT2D eigenvalue weighted by Gasteiger charge is -2.20. The SMILES string of the molecule is C=C(C=C1CCC(N)CC1)CC. The Kier molecular flexibility index (Phi) is 3.54. The summed E-state index contributed by atoms with van der Waals surface area (Å²) in [6, 6.07) is 0.442. The first-order chi connectivity index (χ1) is 5.72. The van der Waals surface area contributed by atoms with E-state index < -0.39 is 0 Å². The van der Waals surface area contributed by atoms with Gasteiger partial charge < -0.3 is 5.73 Å². The first-order valence-electron chi connectivity index (χ1n) is 4.85. The minimum Gasteiger partial charge on any atom is -0.328 e. The monoisotopic (exact) mass is 165 g/mol. The molecule has 1 aliphatic carbocycles. The fraction of sp³-hybridized carbons (Fsp3) is 0.636. The molecule has 0 amide bonds. The second-order valence-corrected chi connectivity index (χ2v) is 3.65. The summed E-state index contributed by atoms with van der Waals surface area (Å²) >= 11 is 0. The predicted molar refractivity (Wildman–Crippen MR) is 54.0 cm³/mol. The maximum Gasteiger partial charge on any atom is 0.00449 e. The van der Waals surface area contributed by atoms with E-state index in [1.807, 2.05) is 0 Å². The molecule has 0 spiro atoms. The minimum absolute atomic E-state index is 0.442. The summed E-state index contributed by atoms with van der Waals surface area (Å²) in [5.41, 5.74) is 8.61. The van der Waals surface area contributed by atoms with Crippen LogP contribution in [0.2, 0.25) is 0 Å². The summed E-state index contributed by atoms with van der Waals surface area (Å²) in [7, 11) is 0.